The summed E-state index contributed by atoms with van der Waals surface area (Å²) in [6.07, 6.45) is 1.00. The molecular formula is C8H15BrN2S. The van der Waals surface area contributed by atoms with E-state index < -0.39 is 0 Å². The summed E-state index contributed by atoms with van der Waals surface area (Å²) in [5, 5.41) is 2.70. The minimum Gasteiger partial charge on any atom is -0.375 e. The van der Waals surface area contributed by atoms with Crippen molar-refractivity contribution in [3.63, 3.8) is 0 Å². The number of halogens is 1. The number of nitrogen functional groups attached to an aromatic ring is 1. The van der Waals surface area contributed by atoms with Crippen molar-refractivity contribution in [3.05, 3.63) is 11.1 Å². The maximum absolute atomic E-state index is 5.50. The molecule has 0 aromatic carbocycles. The molecule has 0 saturated carbocycles. The van der Waals surface area contributed by atoms with Crippen LogP contribution in [0.1, 0.15) is 26.5 Å². The molecule has 1 heterocycles. The molecule has 0 amide bonds. The average molecular weight is 251 g/mol. The lowest BCUT2D eigenvalue weighted by atomic mass is 9.91. The van der Waals surface area contributed by atoms with Gasteiger partial charge in [-0.25, -0.2) is 4.98 Å². The zero-order valence-corrected chi connectivity index (χ0v) is 10.2. The van der Waals surface area contributed by atoms with Crippen LogP contribution in [0.4, 0.5) is 5.13 Å². The molecule has 1 aromatic heterocycles. The van der Waals surface area contributed by atoms with Gasteiger partial charge in [-0.1, -0.05) is 20.8 Å². The van der Waals surface area contributed by atoms with Gasteiger partial charge in [-0.15, -0.1) is 28.3 Å². The van der Waals surface area contributed by atoms with Gasteiger partial charge in [-0.2, -0.15) is 0 Å². The molecule has 0 aliphatic rings. The minimum absolute atomic E-state index is 0. The van der Waals surface area contributed by atoms with E-state index in [0.717, 1.165) is 12.1 Å². The largest absolute Gasteiger partial charge is 0.375 e. The molecule has 2 nitrogen and oxygen atoms in total. The van der Waals surface area contributed by atoms with Gasteiger partial charge in [0, 0.05) is 5.38 Å². The van der Waals surface area contributed by atoms with Crippen LogP contribution >= 0.6 is 28.3 Å². The van der Waals surface area contributed by atoms with Crippen LogP contribution in [0.25, 0.3) is 0 Å². The molecule has 0 aliphatic heterocycles. The quantitative estimate of drug-likeness (QED) is 0.833. The van der Waals surface area contributed by atoms with Crippen LogP contribution in [0.15, 0.2) is 5.38 Å². The molecule has 4 heteroatoms. The van der Waals surface area contributed by atoms with E-state index >= 15 is 0 Å². The highest BCUT2D eigenvalue weighted by molar-refractivity contribution is 8.93. The predicted octanol–water partition coefficient (Wildman–Crippen LogP) is 2.89. The van der Waals surface area contributed by atoms with E-state index in [9.17, 15) is 0 Å². The summed E-state index contributed by atoms with van der Waals surface area (Å²) in [4.78, 5) is 4.19. The molecule has 0 unspecified atom stereocenters. The fourth-order valence-corrected chi connectivity index (χ4v) is 1.51. The third-order valence-corrected chi connectivity index (χ3v) is 2.00. The maximum atomic E-state index is 5.50. The molecule has 0 fully saturated rings. The summed E-state index contributed by atoms with van der Waals surface area (Å²) in [6, 6.07) is 0. The van der Waals surface area contributed by atoms with Gasteiger partial charge in [-0.05, 0) is 11.8 Å². The van der Waals surface area contributed by atoms with Crippen molar-refractivity contribution in [1.29, 1.82) is 0 Å². The van der Waals surface area contributed by atoms with Crippen molar-refractivity contribution < 1.29 is 0 Å². The maximum Gasteiger partial charge on any atom is 0.180 e. The molecule has 0 aliphatic carbocycles. The van der Waals surface area contributed by atoms with Crippen molar-refractivity contribution >= 4 is 33.4 Å². The monoisotopic (exact) mass is 250 g/mol. The standard InChI is InChI=1S/C8H14N2S.BrH/c1-8(2,3)4-6-5-11-7(9)10-6;/h5H,4H2,1-3H3,(H2,9,10);1H. The van der Waals surface area contributed by atoms with Crippen LogP contribution in [0.2, 0.25) is 0 Å². The van der Waals surface area contributed by atoms with Crippen molar-refractivity contribution in [1.82, 2.24) is 4.98 Å². The Morgan fingerprint density at radius 3 is 2.42 bits per heavy atom. The van der Waals surface area contributed by atoms with Crippen LogP contribution in [0.5, 0.6) is 0 Å². The fraction of sp³-hybridized carbons (Fsp3) is 0.625. The third-order valence-electron chi connectivity index (χ3n) is 1.28. The summed E-state index contributed by atoms with van der Waals surface area (Å²) in [5.74, 6) is 0. The van der Waals surface area contributed by atoms with Gasteiger partial charge in [0.2, 0.25) is 0 Å². The van der Waals surface area contributed by atoms with Gasteiger partial charge in [0.15, 0.2) is 5.13 Å². The fourth-order valence-electron chi connectivity index (χ4n) is 0.947. The molecule has 0 radical (unpaired) electrons. The van der Waals surface area contributed by atoms with Crippen LogP contribution in [-0.2, 0) is 6.42 Å². The summed E-state index contributed by atoms with van der Waals surface area (Å²) >= 11 is 1.51. The molecule has 1 aromatic rings. The van der Waals surface area contributed by atoms with E-state index in [0.29, 0.717) is 10.5 Å². The highest BCUT2D eigenvalue weighted by Crippen LogP contribution is 2.22. The van der Waals surface area contributed by atoms with Gasteiger partial charge in [-0.3, -0.25) is 0 Å². The van der Waals surface area contributed by atoms with Gasteiger partial charge in [0.1, 0.15) is 0 Å². The van der Waals surface area contributed by atoms with Gasteiger partial charge >= 0.3 is 0 Å². The first-order chi connectivity index (χ1) is 4.97. The van der Waals surface area contributed by atoms with E-state index in [4.69, 9.17) is 5.73 Å². The summed E-state index contributed by atoms with van der Waals surface area (Å²) in [7, 11) is 0. The second-order valence-corrected chi connectivity index (χ2v) is 4.80. The Hall–Kier alpha value is -0.0900. The third kappa shape index (κ3) is 4.07. The lowest BCUT2D eigenvalue weighted by molar-refractivity contribution is 0.407. The summed E-state index contributed by atoms with van der Waals surface area (Å²) in [5.41, 5.74) is 6.92. The first-order valence-corrected chi connectivity index (χ1v) is 4.55. The molecule has 70 valence electrons. The molecule has 2 N–H and O–H groups in total. The number of hydrogen-bond donors (Lipinski definition) is 1. The Balaban J connectivity index is 0.00000121. The molecule has 0 saturated heterocycles. The van der Waals surface area contributed by atoms with E-state index in [1.165, 1.54) is 11.3 Å². The number of anilines is 1. The van der Waals surface area contributed by atoms with Gasteiger partial charge < -0.3 is 5.73 Å². The molecule has 0 spiro atoms. The number of hydrogen-bond acceptors (Lipinski definition) is 3. The van der Waals surface area contributed by atoms with Crippen LogP contribution in [0.3, 0.4) is 0 Å². The highest BCUT2D eigenvalue weighted by atomic mass is 79.9. The smallest absolute Gasteiger partial charge is 0.180 e. The van der Waals surface area contributed by atoms with E-state index in [2.05, 4.69) is 25.8 Å². The first-order valence-electron chi connectivity index (χ1n) is 3.67. The van der Waals surface area contributed by atoms with Crippen molar-refractivity contribution in [2.75, 3.05) is 5.73 Å². The number of aromatic nitrogens is 1. The Morgan fingerprint density at radius 2 is 2.08 bits per heavy atom. The van der Waals surface area contributed by atoms with E-state index in [1.54, 1.807) is 0 Å². The Bertz CT molecular complexity index is 239. The van der Waals surface area contributed by atoms with Crippen LogP contribution in [-0.4, -0.2) is 4.98 Å². The minimum atomic E-state index is 0. The lowest BCUT2D eigenvalue weighted by Gasteiger charge is -2.15. The first kappa shape index (κ1) is 11.9. The van der Waals surface area contributed by atoms with Gasteiger partial charge in [0.05, 0.1) is 5.69 Å². The molecule has 0 bridgehead atoms. The SMILES string of the molecule is Br.CC(C)(C)Cc1csc(N)n1. The van der Waals surface area contributed by atoms with E-state index in [1.807, 2.05) is 5.38 Å². The Kier molecular flexibility index (Phi) is 4.20. The van der Waals surface area contributed by atoms with E-state index in [-0.39, 0.29) is 17.0 Å². The predicted molar refractivity (Wildman–Crippen MR) is 60.0 cm³/mol. The molecular weight excluding hydrogens is 236 g/mol. The van der Waals surface area contributed by atoms with Crippen molar-refractivity contribution in [2.24, 2.45) is 5.41 Å². The summed E-state index contributed by atoms with van der Waals surface area (Å²) < 4.78 is 0. The average Bonchev–Trinajstić information content (AvgIpc) is 2.10. The van der Waals surface area contributed by atoms with Crippen LogP contribution < -0.4 is 5.73 Å². The number of nitrogens with two attached hydrogens (primary N) is 1. The van der Waals surface area contributed by atoms with Crippen molar-refractivity contribution in [2.45, 2.75) is 27.2 Å². The lowest BCUT2D eigenvalue weighted by Crippen LogP contribution is -2.09. The topological polar surface area (TPSA) is 38.9 Å². The molecule has 0 atom stereocenters. The summed E-state index contributed by atoms with van der Waals surface area (Å²) in [6.45, 7) is 6.59. The highest BCUT2D eigenvalue weighted by Gasteiger charge is 2.12. The zero-order valence-electron chi connectivity index (χ0n) is 7.63. The Morgan fingerprint density at radius 1 is 1.50 bits per heavy atom. The second kappa shape index (κ2) is 4.23. The second-order valence-electron chi connectivity index (χ2n) is 3.91. The Labute approximate surface area is 88.0 Å². The number of rotatable bonds is 1. The van der Waals surface area contributed by atoms with Gasteiger partial charge in [0.25, 0.3) is 0 Å². The zero-order chi connectivity index (χ0) is 8.48. The van der Waals surface area contributed by atoms with Crippen molar-refractivity contribution in [3.8, 4) is 0 Å². The molecule has 12 heavy (non-hydrogen) atoms. The number of nitrogens with zero attached hydrogens (tertiary/aromatic N) is 1. The normalized spacial score (nSPS) is 10.9. The molecule has 1 rings (SSSR count). The number of thiazole rings is 1. The van der Waals surface area contributed by atoms with Crippen LogP contribution in [0, 0.1) is 5.41 Å².